The van der Waals surface area contributed by atoms with Crippen LogP contribution in [-0.4, -0.2) is 49.8 Å². The summed E-state index contributed by atoms with van der Waals surface area (Å²) >= 11 is 0. The highest BCUT2D eigenvalue weighted by atomic mass is 32.2. The van der Waals surface area contributed by atoms with E-state index in [9.17, 15) is 18.3 Å². The number of hydrogen-bond donors (Lipinski definition) is 1. The van der Waals surface area contributed by atoms with E-state index in [1.54, 1.807) is 45.2 Å². The molecule has 1 aromatic carbocycles. The quantitative estimate of drug-likeness (QED) is 0.882. The second kappa shape index (κ2) is 5.93. The number of amides is 1. The van der Waals surface area contributed by atoms with Crippen molar-refractivity contribution in [3.05, 3.63) is 35.4 Å². The van der Waals surface area contributed by atoms with Crippen molar-refractivity contribution in [3.8, 4) is 0 Å². The fourth-order valence-corrected chi connectivity index (χ4v) is 2.42. The lowest BCUT2D eigenvalue weighted by molar-refractivity contribution is 0.0473. The minimum Gasteiger partial charge on any atom is -0.394 e. The van der Waals surface area contributed by atoms with Gasteiger partial charge in [0.15, 0.2) is 9.84 Å². The maximum absolute atomic E-state index is 12.2. The molecular weight excluding hydrogens is 278 g/mol. The molecule has 6 heteroatoms. The van der Waals surface area contributed by atoms with Gasteiger partial charge < -0.3 is 10.0 Å². The summed E-state index contributed by atoms with van der Waals surface area (Å²) < 4.78 is 22.4. The summed E-state index contributed by atoms with van der Waals surface area (Å²) in [6.07, 6.45) is 1.17. The van der Waals surface area contributed by atoms with Crippen LogP contribution in [0.15, 0.2) is 24.3 Å². The van der Waals surface area contributed by atoms with Gasteiger partial charge in [-0.05, 0) is 31.5 Å². The largest absolute Gasteiger partial charge is 0.394 e. The molecular formula is C14H21NO4S. The van der Waals surface area contributed by atoms with Crippen LogP contribution < -0.4 is 0 Å². The Hall–Kier alpha value is -1.40. The molecule has 1 N–H and O–H groups in total. The molecule has 0 fully saturated rings. The Kier molecular flexibility index (Phi) is 4.94. The number of nitrogens with zero attached hydrogens (tertiary/aromatic N) is 1. The average Bonchev–Trinajstić information content (AvgIpc) is 2.36. The van der Waals surface area contributed by atoms with Crippen molar-refractivity contribution in [2.75, 3.05) is 19.9 Å². The van der Waals surface area contributed by atoms with E-state index >= 15 is 0 Å². The molecule has 0 radical (unpaired) electrons. The molecule has 0 atom stereocenters. The van der Waals surface area contributed by atoms with Gasteiger partial charge in [-0.1, -0.05) is 12.1 Å². The predicted octanol–water partition coefficient (Wildman–Crippen LogP) is 1.07. The summed E-state index contributed by atoms with van der Waals surface area (Å²) in [5.74, 6) is -0.255. The Morgan fingerprint density at radius 3 is 2.15 bits per heavy atom. The Morgan fingerprint density at radius 1 is 1.25 bits per heavy atom. The van der Waals surface area contributed by atoms with E-state index < -0.39 is 15.4 Å². The normalized spacial score (nSPS) is 12.2. The van der Waals surface area contributed by atoms with Gasteiger partial charge in [0.05, 0.1) is 17.9 Å². The minimum atomic E-state index is -3.08. The highest BCUT2D eigenvalue weighted by Crippen LogP contribution is 2.16. The molecule has 0 aromatic heterocycles. The van der Waals surface area contributed by atoms with E-state index in [-0.39, 0.29) is 18.3 Å². The van der Waals surface area contributed by atoms with Crippen LogP contribution in [0, 0.1) is 0 Å². The first-order chi connectivity index (χ1) is 9.07. The van der Waals surface area contributed by atoms with Gasteiger partial charge in [-0.3, -0.25) is 4.79 Å². The van der Waals surface area contributed by atoms with Gasteiger partial charge in [-0.2, -0.15) is 0 Å². The Bertz CT molecular complexity index is 576. The molecule has 1 rings (SSSR count). The van der Waals surface area contributed by atoms with Crippen LogP contribution >= 0.6 is 0 Å². The van der Waals surface area contributed by atoms with Crippen molar-refractivity contribution < 1.29 is 18.3 Å². The van der Waals surface area contributed by atoms with E-state index in [1.807, 2.05) is 0 Å². The standard InChI is InChI=1S/C14H21NO4S/c1-14(2,10-16)15(3)13(17)12-7-5-11(6-8-12)9-20(4,18)19/h5-8,16H,9-10H2,1-4H3. The van der Waals surface area contributed by atoms with E-state index in [0.717, 1.165) is 0 Å². The number of aliphatic hydroxyl groups is 1. The molecule has 5 nitrogen and oxygen atoms in total. The molecule has 0 aliphatic carbocycles. The van der Waals surface area contributed by atoms with Crippen LogP contribution in [0.1, 0.15) is 29.8 Å². The molecule has 0 unspecified atom stereocenters. The molecule has 112 valence electrons. The van der Waals surface area contributed by atoms with Gasteiger partial charge in [-0.15, -0.1) is 0 Å². The lowest BCUT2D eigenvalue weighted by atomic mass is 10.0. The van der Waals surface area contributed by atoms with E-state index in [1.165, 1.54) is 11.2 Å². The van der Waals surface area contributed by atoms with Gasteiger partial charge in [0.1, 0.15) is 0 Å². The van der Waals surface area contributed by atoms with Gasteiger partial charge in [-0.25, -0.2) is 8.42 Å². The fourth-order valence-electron chi connectivity index (χ4n) is 1.62. The number of likely N-dealkylation sites (N-methyl/N-ethyl adjacent to an activating group) is 1. The maximum Gasteiger partial charge on any atom is 0.254 e. The van der Waals surface area contributed by atoms with E-state index in [0.29, 0.717) is 11.1 Å². The number of benzene rings is 1. The number of sulfone groups is 1. The molecule has 1 amide bonds. The van der Waals surface area contributed by atoms with Crippen LogP contribution in [0.4, 0.5) is 0 Å². The average molecular weight is 299 g/mol. The Balaban J connectivity index is 2.91. The highest BCUT2D eigenvalue weighted by Gasteiger charge is 2.27. The van der Waals surface area contributed by atoms with Crippen molar-refractivity contribution in [3.63, 3.8) is 0 Å². The van der Waals surface area contributed by atoms with Crippen molar-refractivity contribution >= 4 is 15.7 Å². The van der Waals surface area contributed by atoms with Crippen molar-refractivity contribution in [1.29, 1.82) is 0 Å². The Labute approximate surface area is 120 Å². The zero-order chi connectivity index (χ0) is 15.6. The van der Waals surface area contributed by atoms with Gasteiger partial charge in [0.2, 0.25) is 0 Å². The number of hydrogen-bond acceptors (Lipinski definition) is 4. The second-order valence-electron chi connectivity index (χ2n) is 5.60. The molecule has 0 saturated heterocycles. The van der Waals surface area contributed by atoms with Crippen LogP contribution in [0.5, 0.6) is 0 Å². The summed E-state index contributed by atoms with van der Waals surface area (Å²) in [4.78, 5) is 13.7. The van der Waals surface area contributed by atoms with E-state index in [4.69, 9.17) is 0 Å². The first-order valence-corrected chi connectivity index (χ1v) is 8.28. The van der Waals surface area contributed by atoms with Crippen molar-refractivity contribution in [2.24, 2.45) is 0 Å². The first kappa shape index (κ1) is 16.7. The van der Waals surface area contributed by atoms with Gasteiger partial charge in [0.25, 0.3) is 5.91 Å². The van der Waals surface area contributed by atoms with Crippen LogP contribution in [0.25, 0.3) is 0 Å². The lowest BCUT2D eigenvalue weighted by Crippen LogP contribution is -2.47. The summed E-state index contributed by atoms with van der Waals surface area (Å²) in [5.41, 5.74) is 0.460. The minimum absolute atomic E-state index is 0.0422. The number of rotatable bonds is 5. The van der Waals surface area contributed by atoms with Crippen LogP contribution in [-0.2, 0) is 15.6 Å². The van der Waals surface area contributed by atoms with Crippen LogP contribution in [0.2, 0.25) is 0 Å². The highest BCUT2D eigenvalue weighted by molar-refractivity contribution is 7.89. The monoisotopic (exact) mass is 299 g/mol. The zero-order valence-electron chi connectivity index (χ0n) is 12.3. The molecule has 0 spiro atoms. The van der Waals surface area contributed by atoms with Crippen molar-refractivity contribution in [1.82, 2.24) is 4.90 Å². The molecule has 0 aliphatic rings. The van der Waals surface area contributed by atoms with Crippen LogP contribution in [0.3, 0.4) is 0 Å². The molecule has 1 aromatic rings. The smallest absolute Gasteiger partial charge is 0.254 e. The SMILES string of the molecule is CN(C(=O)c1ccc(CS(C)(=O)=O)cc1)C(C)(C)CO. The third-order valence-electron chi connectivity index (χ3n) is 3.23. The summed E-state index contributed by atoms with van der Waals surface area (Å²) in [6.45, 7) is 3.40. The Morgan fingerprint density at radius 2 is 1.75 bits per heavy atom. The lowest BCUT2D eigenvalue weighted by Gasteiger charge is -2.34. The number of aliphatic hydroxyl groups excluding tert-OH is 1. The predicted molar refractivity (Wildman–Crippen MR) is 78.2 cm³/mol. The third-order valence-corrected chi connectivity index (χ3v) is 4.09. The molecule has 20 heavy (non-hydrogen) atoms. The van der Waals surface area contributed by atoms with Crippen molar-refractivity contribution in [2.45, 2.75) is 25.1 Å². The first-order valence-electron chi connectivity index (χ1n) is 6.22. The van der Waals surface area contributed by atoms with Gasteiger partial charge >= 0.3 is 0 Å². The summed E-state index contributed by atoms with van der Waals surface area (Å²) in [5, 5.41) is 9.27. The summed E-state index contributed by atoms with van der Waals surface area (Å²) in [6, 6.07) is 6.47. The molecule has 0 heterocycles. The molecule has 0 bridgehead atoms. The topological polar surface area (TPSA) is 74.7 Å². The zero-order valence-corrected chi connectivity index (χ0v) is 13.1. The second-order valence-corrected chi connectivity index (χ2v) is 7.74. The maximum atomic E-state index is 12.2. The fraction of sp³-hybridized carbons (Fsp3) is 0.500. The van der Waals surface area contributed by atoms with Gasteiger partial charge in [0, 0.05) is 18.9 Å². The summed E-state index contributed by atoms with van der Waals surface area (Å²) in [7, 11) is -1.45. The van der Waals surface area contributed by atoms with E-state index in [2.05, 4.69) is 0 Å². The third kappa shape index (κ3) is 4.31. The number of carbonyl (C=O) groups excluding carboxylic acids is 1. The molecule has 0 saturated carbocycles. The molecule has 0 aliphatic heterocycles. The number of carbonyl (C=O) groups is 1.